The minimum atomic E-state index is -0.927. The Balaban J connectivity index is 2.11. The van der Waals surface area contributed by atoms with Crippen LogP contribution >= 0.6 is 39.1 Å². The molecule has 0 aliphatic carbocycles. The van der Waals surface area contributed by atoms with E-state index in [1.807, 2.05) is 0 Å². The fourth-order valence-electron chi connectivity index (χ4n) is 2.69. The smallest absolute Gasteiger partial charge is 0.336 e. The number of benzene rings is 2. The van der Waals surface area contributed by atoms with Gasteiger partial charge in [-0.1, -0.05) is 29.3 Å². The average Bonchev–Trinajstić information content (AvgIpc) is 2.68. The van der Waals surface area contributed by atoms with Gasteiger partial charge >= 0.3 is 6.03 Å². The number of carbonyl (C=O) groups excluding carboxylic acids is 3. The van der Waals surface area contributed by atoms with Gasteiger partial charge in [0.05, 0.1) is 34.4 Å². The van der Waals surface area contributed by atoms with Crippen LogP contribution in [-0.4, -0.2) is 32.1 Å². The van der Waals surface area contributed by atoms with Gasteiger partial charge in [-0.2, -0.15) is 0 Å². The van der Waals surface area contributed by atoms with Crippen molar-refractivity contribution in [1.82, 2.24) is 5.32 Å². The number of anilines is 1. The van der Waals surface area contributed by atoms with Gasteiger partial charge in [0.15, 0.2) is 0 Å². The van der Waals surface area contributed by atoms with Crippen LogP contribution in [0.3, 0.4) is 0 Å². The zero-order chi connectivity index (χ0) is 21.3. The van der Waals surface area contributed by atoms with E-state index in [1.54, 1.807) is 12.1 Å². The van der Waals surface area contributed by atoms with Crippen molar-refractivity contribution < 1.29 is 23.9 Å². The lowest BCUT2D eigenvalue weighted by molar-refractivity contribution is -0.122. The molecule has 1 saturated heterocycles. The minimum Gasteiger partial charge on any atom is -0.496 e. The summed E-state index contributed by atoms with van der Waals surface area (Å²) in [7, 11) is 2.93. The lowest BCUT2D eigenvalue weighted by Gasteiger charge is -2.27. The van der Waals surface area contributed by atoms with E-state index in [0.717, 1.165) is 4.90 Å². The zero-order valence-electron chi connectivity index (χ0n) is 15.1. The highest BCUT2D eigenvalue weighted by molar-refractivity contribution is 9.10. The van der Waals surface area contributed by atoms with Gasteiger partial charge in [0.2, 0.25) is 0 Å². The number of methoxy groups -OCH3 is 2. The number of urea groups is 1. The molecule has 1 fully saturated rings. The quantitative estimate of drug-likeness (QED) is 0.496. The number of hydrogen-bond donors (Lipinski definition) is 1. The summed E-state index contributed by atoms with van der Waals surface area (Å²) < 4.78 is 11.1. The normalized spacial score (nSPS) is 15.6. The van der Waals surface area contributed by atoms with Gasteiger partial charge in [-0.3, -0.25) is 14.9 Å². The summed E-state index contributed by atoms with van der Waals surface area (Å²) in [4.78, 5) is 38.5. The first-order valence-electron chi connectivity index (χ1n) is 8.05. The second kappa shape index (κ2) is 8.44. The number of barbiturate groups is 1. The lowest BCUT2D eigenvalue weighted by Crippen LogP contribution is -2.54. The van der Waals surface area contributed by atoms with Crippen LogP contribution < -0.4 is 19.7 Å². The molecule has 1 N–H and O–H groups in total. The molecular formula is C19H13BrCl2N2O5. The highest BCUT2D eigenvalue weighted by Crippen LogP contribution is 2.36. The first kappa shape index (κ1) is 21.2. The monoisotopic (exact) mass is 498 g/mol. The van der Waals surface area contributed by atoms with Crippen molar-refractivity contribution >= 4 is 68.7 Å². The summed E-state index contributed by atoms with van der Waals surface area (Å²) in [5.41, 5.74) is 0.198. The predicted molar refractivity (Wildman–Crippen MR) is 113 cm³/mol. The Morgan fingerprint density at radius 2 is 1.76 bits per heavy atom. The van der Waals surface area contributed by atoms with Crippen LogP contribution in [0.15, 0.2) is 40.4 Å². The van der Waals surface area contributed by atoms with Crippen LogP contribution in [0.4, 0.5) is 10.5 Å². The first-order valence-corrected chi connectivity index (χ1v) is 9.60. The molecule has 0 aromatic heterocycles. The number of carbonyl (C=O) groups is 3. The third-order valence-electron chi connectivity index (χ3n) is 4.08. The van der Waals surface area contributed by atoms with Crippen LogP contribution in [-0.2, 0) is 9.59 Å². The summed E-state index contributed by atoms with van der Waals surface area (Å²) in [5, 5.41) is 2.30. The maximum Gasteiger partial charge on any atom is 0.336 e. The molecule has 0 saturated carbocycles. The zero-order valence-corrected chi connectivity index (χ0v) is 18.2. The number of amides is 4. The molecule has 0 atom stereocenters. The minimum absolute atomic E-state index is 0.0103. The number of imide groups is 2. The van der Waals surface area contributed by atoms with Crippen molar-refractivity contribution in [2.24, 2.45) is 0 Å². The van der Waals surface area contributed by atoms with E-state index in [1.165, 1.54) is 38.5 Å². The van der Waals surface area contributed by atoms with Gasteiger partial charge in [0.25, 0.3) is 11.8 Å². The molecule has 1 aliphatic rings. The standard InChI is InChI=1S/C19H13BrCl2N2O5/c1-28-14-8-15(29-2)11(20)7-9(14)6-10-17(25)23-19(27)24(18(10)26)13-5-3-4-12(21)16(13)22/h3-8H,1-2H3,(H,23,25,27)/b10-6+. The average molecular weight is 500 g/mol. The molecule has 150 valence electrons. The lowest BCUT2D eigenvalue weighted by atomic mass is 10.1. The number of rotatable bonds is 4. The molecule has 0 radical (unpaired) electrons. The van der Waals surface area contributed by atoms with Crippen molar-refractivity contribution in [3.8, 4) is 11.5 Å². The highest BCUT2D eigenvalue weighted by Gasteiger charge is 2.38. The Morgan fingerprint density at radius 3 is 2.41 bits per heavy atom. The van der Waals surface area contributed by atoms with Crippen molar-refractivity contribution in [3.63, 3.8) is 0 Å². The number of ether oxygens (including phenoxy) is 2. The molecule has 0 unspecified atom stereocenters. The molecule has 29 heavy (non-hydrogen) atoms. The van der Waals surface area contributed by atoms with Crippen molar-refractivity contribution in [3.05, 3.63) is 56.0 Å². The largest absolute Gasteiger partial charge is 0.496 e. The van der Waals surface area contributed by atoms with Crippen LogP contribution in [0.2, 0.25) is 10.0 Å². The summed E-state index contributed by atoms with van der Waals surface area (Å²) >= 11 is 15.5. The topological polar surface area (TPSA) is 84.9 Å². The number of nitrogens with zero attached hydrogens (tertiary/aromatic N) is 1. The third-order valence-corrected chi connectivity index (χ3v) is 5.51. The van der Waals surface area contributed by atoms with Crippen LogP contribution in [0.1, 0.15) is 5.56 Å². The molecule has 0 spiro atoms. The summed E-state index contributed by atoms with van der Waals surface area (Å²) in [6.07, 6.45) is 1.32. The first-order chi connectivity index (χ1) is 13.8. The molecule has 10 heteroatoms. The van der Waals surface area contributed by atoms with Gasteiger partial charge < -0.3 is 9.47 Å². The Labute approximate surface area is 184 Å². The third kappa shape index (κ3) is 3.96. The van der Waals surface area contributed by atoms with Crippen LogP contribution in [0.25, 0.3) is 6.08 Å². The summed E-state index contributed by atoms with van der Waals surface area (Å²) in [6, 6.07) is 6.79. The van der Waals surface area contributed by atoms with Crippen molar-refractivity contribution in [2.75, 3.05) is 19.1 Å². The highest BCUT2D eigenvalue weighted by atomic mass is 79.9. The maximum absolute atomic E-state index is 13.0. The Morgan fingerprint density at radius 1 is 1.07 bits per heavy atom. The van der Waals surface area contributed by atoms with Gasteiger partial charge in [-0.25, -0.2) is 9.69 Å². The molecule has 1 aliphatic heterocycles. The molecule has 4 amide bonds. The maximum atomic E-state index is 13.0. The number of halogens is 3. The molecular weight excluding hydrogens is 487 g/mol. The van der Waals surface area contributed by atoms with Crippen molar-refractivity contribution in [1.29, 1.82) is 0 Å². The molecule has 2 aromatic rings. The van der Waals surface area contributed by atoms with Gasteiger partial charge in [0.1, 0.15) is 17.1 Å². The van der Waals surface area contributed by atoms with E-state index in [9.17, 15) is 14.4 Å². The number of hydrogen-bond acceptors (Lipinski definition) is 5. The Hall–Kier alpha value is -2.55. The molecule has 3 rings (SSSR count). The molecule has 7 nitrogen and oxygen atoms in total. The van der Waals surface area contributed by atoms with E-state index in [2.05, 4.69) is 21.2 Å². The van der Waals surface area contributed by atoms with Crippen molar-refractivity contribution in [2.45, 2.75) is 0 Å². The predicted octanol–water partition coefficient (Wildman–Crippen LogP) is 4.44. The SMILES string of the molecule is COc1cc(OC)c(/C=C2\C(=O)NC(=O)N(c3cccc(Cl)c3Cl)C2=O)cc1Br. The molecule has 0 bridgehead atoms. The Bertz CT molecular complexity index is 1070. The molecule has 2 aromatic carbocycles. The van der Waals surface area contributed by atoms with Crippen LogP contribution in [0, 0.1) is 0 Å². The fourth-order valence-corrected chi connectivity index (χ4v) is 3.60. The van der Waals surface area contributed by atoms with E-state index < -0.39 is 17.8 Å². The van der Waals surface area contributed by atoms with Gasteiger partial charge in [-0.15, -0.1) is 0 Å². The van der Waals surface area contributed by atoms with E-state index in [0.29, 0.717) is 21.5 Å². The second-order valence-corrected chi connectivity index (χ2v) is 7.40. The van der Waals surface area contributed by atoms with Crippen LogP contribution in [0.5, 0.6) is 11.5 Å². The second-order valence-electron chi connectivity index (χ2n) is 5.76. The number of nitrogens with one attached hydrogen (secondary N) is 1. The van der Waals surface area contributed by atoms with Gasteiger partial charge in [-0.05, 0) is 40.2 Å². The van der Waals surface area contributed by atoms with E-state index >= 15 is 0 Å². The molecule has 1 heterocycles. The summed E-state index contributed by atoms with van der Waals surface area (Å²) in [6.45, 7) is 0. The van der Waals surface area contributed by atoms with E-state index in [-0.39, 0.29) is 21.3 Å². The van der Waals surface area contributed by atoms with E-state index in [4.69, 9.17) is 32.7 Å². The van der Waals surface area contributed by atoms with Gasteiger partial charge in [0, 0.05) is 11.6 Å². The summed E-state index contributed by atoms with van der Waals surface area (Å²) in [5.74, 6) is -0.825. The fraction of sp³-hybridized carbons (Fsp3) is 0.105. The Kier molecular flexibility index (Phi) is 6.16.